The summed E-state index contributed by atoms with van der Waals surface area (Å²) in [6.45, 7) is 13.2. The van der Waals surface area contributed by atoms with Crippen molar-refractivity contribution in [1.29, 1.82) is 0 Å². The summed E-state index contributed by atoms with van der Waals surface area (Å²) in [6, 6.07) is 11.5. The molecule has 1 rings (SSSR count). The van der Waals surface area contributed by atoms with E-state index in [2.05, 4.69) is 69.2 Å². The van der Waals surface area contributed by atoms with Gasteiger partial charge in [0.05, 0.1) is 8.07 Å². The number of rotatable bonds is 6. The number of anilines is 1. The van der Waals surface area contributed by atoms with Crippen molar-refractivity contribution in [2.45, 2.75) is 45.1 Å². The molecule has 0 radical (unpaired) electrons. The maximum atomic E-state index is 3.87. The average Bonchev–Trinajstić information content (AvgIpc) is 2.20. The van der Waals surface area contributed by atoms with Crippen molar-refractivity contribution in [2.75, 3.05) is 5.32 Å². The maximum absolute atomic E-state index is 3.87. The molecule has 0 heterocycles. The Hall–Kier alpha value is -1.02. The number of hydrogen-bond donors (Lipinski definition) is 1. The minimum absolute atomic E-state index is 0.540. The van der Waals surface area contributed by atoms with Crippen LogP contribution in [0.2, 0.25) is 25.2 Å². The molecule has 0 saturated carbocycles. The number of nitrogens with one attached hydrogen (secondary N) is 1. The van der Waals surface area contributed by atoms with Crippen molar-refractivity contribution < 1.29 is 0 Å². The summed E-state index contributed by atoms with van der Waals surface area (Å²) >= 11 is 0. The summed E-state index contributed by atoms with van der Waals surface area (Å²) in [5.41, 5.74) is 2.59. The fraction of sp³-hybridized carbons (Fsp3) is 0.467. The minimum Gasteiger partial charge on any atom is -0.383 e. The summed E-state index contributed by atoms with van der Waals surface area (Å²) in [4.78, 5) is 0. The van der Waals surface area contributed by atoms with Gasteiger partial charge in [-0.3, -0.25) is 0 Å². The molecular weight excluding hydrogens is 222 g/mol. The molecule has 1 atom stereocenters. The molecular formula is C15H25NSi. The van der Waals surface area contributed by atoms with E-state index in [1.807, 2.05) is 0 Å². The van der Waals surface area contributed by atoms with Crippen LogP contribution < -0.4 is 5.32 Å². The summed E-state index contributed by atoms with van der Waals surface area (Å²) in [7, 11) is -1.12. The van der Waals surface area contributed by atoms with E-state index in [4.69, 9.17) is 0 Å². The van der Waals surface area contributed by atoms with Crippen molar-refractivity contribution in [1.82, 2.24) is 0 Å². The van der Waals surface area contributed by atoms with Crippen molar-refractivity contribution in [3.05, 3.63) is 42.5 Å². The molecule has 1 unspecified atom stereocenters. The second-order valence-corrected chi connectivity index (χ2v) is 10.9. The van der Waals surface area contributed by atoms with Gasteiger partial charge in [-0.05, 0) is 37.6 Å². The molecule has 0 fully saturated rings. The Morgan fingerprint density at radius 3 is 2.59 bits per heavy atom. The second-order valence-electron chi connectivity index (χ2n) is 5.72. The van der Waals surface area contributed by atoms with Crippen LogP contribution in [0.3, 0.4) is 0 Å². The highest BCUT2D eigenvalue weighted by molar-refractivity contribution is 6.77. The molecule has 0 aliphatic carbocycles. The molecule has 0 spiro atoms. The lowest BCUT2D eigenvalue weighted by Crippen LogP contribution is -2.32. The molecule has 0 bridgehead atoms. The van der Waals surface area contributed by atoms with E-state index in [0.29, 0.717) is 6.04 Å². The summed E-state index contributed by atoms with van der Waals surface area (Å²) in [5.74, 6) is 0. The first-order valence-electron chi connectivity index (χ1n) is 6.38. The average molecular weight is 247 g/mol. The standard InChI is InChI=1S/C15H25NSi/c1-6-11-17(4,5)12-14(3)16-15-10-8-7-9-13(15)2/h6-10,14,16H,1,11-12H2,2-5H3. The summed E-state index contributed by atoms with van der Waals surface area (Å²) in [6.07, 6.45) is 2.08. The fourth-order valence-corrected chi connectivity index (χ4v) is 5.06. The first-order chi connectivity index (χ1) is 7.94. The summed E-state index contributed by atoms with van der Waals surface area (Å²) in [5, 5.41) is 3.63. The van der Waals surface area contributed by atoms with E-state index in [0.717, 1.165) is 0 Å². The quantitative estimate of drug-likeness (QED) is 0.568. The van der Waals surface area contributed by atoms with Crippen LogP contribution >= 0.6 is 0 Å². The zero-order chi connectivity index (χ0) is 12.9. The Balaban J connectivity index is 2.58. The normalized spacial score (nSPS) is 13.2. The van der Waals surface area contributed by atoms with E-state index in [9.17, 15) is 0 Å². The van der Waals surface area contributed by atoms with Crippen LogP contribution in [0, 0.1) is 6.92 Å². The lowest BCUT2D eigenvalue weighted by Gasteiger charge is -2.26. The smallest absolute Gasteiger partial charge is 0.0531 e. The van der Waals surface area contributed by atoms with Gasteiger partial charge >= 0.3 is 0 Å². The van der Waals surface area contributed by atoms with Gasteiger partial charge in [-0.1, -0.05) is 37.4 Å². The van der Waals surface area contributed by atoms with E-state index in [1.165, 1.54) is 23.3 Å². The third-order valence-electron chi connectivity index (χ3n) is 3.10. The number of hydrogen-bond acceptors (Lipinski definition) is 1. The van der Waals surface area contributed by atoms with Gasteiger partial charge in [0.25, 0.3) is 0 Å². The van der Waals surface area contributed by atoms with Gasteiger partial charge in [0, 0.05) is 11.7 Å². The first kappa shape index (κ1) is 14.0. The molecule has 0 amide bonds. The lowest BCUT2D eigenvalue weighted by molar-refractivity contribution is 0.872. The van der Waals surface area contributed by atoms with Crippen LogP contribution in [-0.2, 0) is 0 Å². The van der Waals surface area contributed by atoms with Crippen molar-refractivity contribution in [3.8, 4) is 0 Å². The zero-order valence-corrected chi connectivity index (χ0v) is 12.6. The Morgan fingerprint density at radius 2 is 2.00 bits per heavy atom. The Morgan fingerprint density at radius 1 is 1.35 bits per heavy atom. The molecule has 2 heteroatoms. The van der Waals surface area contributed by atoms with Crippen LogP contribution in [0.5, 0.6) is 0 Å². The van der Waals surface area contributed by atoms with Crippen molar-refractivity contribution in [2.24, 2.45) is 0 Å². The van der Waals surface area contributed by atoms with Crippen LogP contribution in [0.25, 0.3) is 0 Å². The summed E-state index contributed by atoms with van der Waals surface area (Å²) < 4.78 is 0. The van der Waals surface area contributed by atoms with E-state index in [1.54, 1.807) is 0 Å². The van der Waals surface area contributed by atoms with Gasteiger partial charge in [0.2, 0.25) is 0 Å². The molecule has 1 aromatic carbocycles. The van der Waals surface area contributed by atoms with Gasteiger partial charge in [0.1, 0.15) is 0 Å². The minimum atomic E-state index is -1.12. The second kappa shape index (κ2) is 6.06. The SMILES string of the molecule is C=CC[Si](C)(C)CC(C)Nc1ccccc1C. The number of aryl methyl sites for hydroxylation is 1. The van der Waals surface area contributed by atoms with E-state index in [-0.39, 0.29) is 0 Å². The maximum Gasteiger partial charge on any atom is 0.0531 e. The van der Waals surface area contributed by atoms with Crippen LogP contribution in [0.15, 0.2) is 36.9 Å². The largest absolute Gasteiger partial charge is 0.383 e. The molecule has 0 aliphatic rings. The van der Waals surface area contributed by atoms with Crippen LogP contribution in [0.4, 0.5) is 5.69 Å². The third kappa shape index (κ3) is 4.78. The highest BCUT2D eigenvalue weighted by Crippen LogP contribution is 2.21. The molecule has 0 aliphatic heterocycles. The predicted molar refractivity (Wildman–Crippen MR) is 81.6 cm³/mol. The fourth-order valence-electron chi connectivity index (χ4n) is 2.35. The molecule has 94 valence electrons. The predicted octanol–water partition coefficient (Wildman–Crippen LogP) is 4.69. The third-order valence-corrected chi connectivity index (χ3v) is 6.21. The van der Waals surface area contributed by atoms with Crippen molar-refractivity contribution in [3.63, 3.8) is 0 Å². The number of benzene rings is 1. The van der Waals surface area contributed by atoms with Crippen molar-refractivity contribution >= 4 is 13.8 Å². The lowest BCUT2D eigenvalue weighted by atomic mass is 10.2. The van der Waals surface area contributed by atoms with Crippen LogP contribution in [-0.4, -0.2) is 14.1 Å². The molecule has 0 aromatic heterocycles. The zero-order valence-electron chi connectivity index (χ0n) is 11.6. The molecule has 1 aromatic rings. The highest BCUT2D eigenvalue weighted by Gasteiger charge is 2.21. The van der Waals surface area contributed by atoms with Crippen LogP contribution in [0.1, 0.15) is 12.5 Å². The first-order valence-corrected chi connectivity index (χ1v) is 9.79. The molecule has 1 nitrogen and oxygen atoms in total. The van der Waals surface area contributed by atoms with Gasteiger partial charge in [-0.25, -0.2) is 0 Å². The topological polar surface area (TPSA) is 12.0 Å². The molecule has 1 N–H and O–H groups in total. The van der Waals surface area contributed by atoms with Gasteiger partial charge in [-0.15, -0.1) is 6.58 Å². The van der Waals surface area contributed by atoms with Gasteiger partial charge in [0.15, 0.2) is 0 Å². The number of para-hydroxylation sites is 1. The Kier molecular flexibility index (Phi) is 5.00. The Labute approximate surface area is 107 Å². The number of allylic oxidation sites excluding steroid dienone is 1. The van der Waals surface area contributed by atoms with E-state index >= 15 is 0 Å². The monoisotopic (exact) mass is 247 g/mol. The molecule has 0 saturated heterocycles. The van der Waals surface area contributed by atoms with Gasteiger partial charge in [-0.2, -0.15) is 0 Å². The van der Waals surface area contributed by atoms with Gasteiger partial charge < -0.3 is 5.32 Å². The highest BCUT2D eigenvalue weighted by atomic mass is 28.3. The Bertz CT molecular complexity index is 371. The van der Waals surface area contributed by atoms with E-state index < -0.39 is 8.07 Å². The molecule has 17 heavy (non-hydrogen) atoms.